The Balaban J connectivity index is 1.68. The number of aliphatic imine (C=N–C) groups is 1. The van der Waals surface area contributed by atoms with Crippen LogP contribution in [-0.2, 0) is 17.6 Å². The minimum atomic E-state index is -0.238. The van der Waals surface area contributed by atoms with Crippen molar-refractivity contribution in [1.82, 2.24) is 4.90 Å². The summed E-state index contributed by atoms with van der Waals surface area (Å²) in [7, 11) is 0. The molecule has 0 aliphatic carbocycles. The quantitative estimate of drug-likeness (QED) is 0.338. The molecule has 1 fully saturated rings. The third-order valence-electron chi connectivity index (χ3n) is 6.45. The molecule has 4 heteroatoms. The topological polar surface area (TPSA) is 32.7 Å². The first kappa shape index (κ1) is 26.4. The Kier molecular flexibility index (Phi) is 9.33. The van der Waals surface area contributed by atoms with Crippen LogP contribution in [-0.4, -0.2) is 37.0 Å². The number of benzene rings is 2. The SMILES string of the molecule is C=C([C@H](C)c1ccc(CC(C)C)cc1)N1CC[Se]C1=NC(=O)[C@H](C)c1ccc(CC(C)C)cc1. The zero-order valence-electron chi connectivity index (χ0n) is 21.7. The fraction of sp³-hybridized carbons (Fsp3) is 0.467. The van der Waals surface area contributed by atoms with E-state index in [-0.39, 0.29) is 32.7 Å². The van der Waals surface area contributed by atoms with Gasteiger partial charge >= 0.3 is 213 Å². The molecule has 0 bridgehead atoms. The molecule has 34 heavy (non-hydrogen) atoms. The van der Waals surface area contributed by atoms with Crippen LogP contribution in [0.25, 0.3) is 0 Å². The van der Waals surface area contributed by atoms with Crippen molar-refractivity contribution >= 4 is 25.6 Å². The molecule has 2 aromatic carbocycles. The van der Waals surface area contributed by atoms with Crippen LogP contribution >= 0.6 is 0 Å². The van der Waals surface area contributed by atoms with Crippen LogP contribution in [0.4, 0.5) is 0 Å². The van der Waals surface area contributed by atoms with Gasteiger partial charge in [-0.2, -0.15) is 0 Å². The standard InChI is InChI=1S/C30H40N2OSe/c1-20(2)18-25-8-12-27(13-9-25)22(5)24(7)32-16-17-34-30(32)31-29(33)23(6)28-14-10-26(11-15-28)19-21(3)4/h8-15,20-23H,7,16-19H2,1-6H3/t22-,23+/m0/s1. The van der Waals surface area contributed by atoms with Gasteiger partial charge in [-0.1, -0.05) is 0 Å². The van der Waals surface area contributed by atoms with Crippen molar-refractivity contribution in [3.63, 3.8) is 0 Å². The summed E-state index contributed by atoms with van der Waals surface area (Å²) < 4.78 is 0.925. The Hall–Kier alpha value is -2.16. The number of amides is 1. The number of nitrogens with zero attached hydrogens (tertiary/aromatic N) is 2. The van der Waals surface area contributed by atoms with E-state index in [4.69, 9.17) is 0 Å². The van der Waals surface area contributed by atoms with Crippen LogP contribution in [0.1, 0.15) is 75.6 Å². The second-order valence-corrected chi connectivity index (χ2v) is 12.6. The molecule has 0 radical (unpaired) electrons. The number of hydrogen-bond donors (Lipinski definition) is 0. The van der Waals surface area contributed by atoms with Gasteiger partial charge in [0, 0.05) is 0 Å². The molecule has 1 aliphatic heterocycles. The van der Waals surface area contributed by atoms with Gasteiger partial charge in [0.2, 0.25) is 0 Å². The van der Waals surface area contributed by atoms with Gasteiger partial charge in [0.15, 0.2) is 0 Å². The molecule has 0 spiro atoms. The number of rotatable bonds is 9. The molecule has 1 heterocycles. The molecule has 1 saturated heterocycles. The Morgan fingerprint density at radius 3 is 1.79 bits per heavy atom. The number of carbonyl (C=O) groups excluding carboxylic acids is 1. The van der Waals surface area contributed by atoms with E-state index in [9.17, 15) is 4.79 Å². The molecule has 2 atom stereocenters. The van der Waals surface area contributed by atoms with Crippen LogP contribution in [0.3, 0.4) is 0 Å². The summed E-state index contributed by atoms with van der Waals surface area (Å²) in [6, 6.07) is 17.4. The van der Waals surface area contributed by atoms with E-state index in [1.54, 1.807) is 0 Å². The molecule has 1 amide bonds. The zero-order chi connectivity index (χ0) is 24.8. The van der Waals surface area contributed by atoms with Gasteiger partial charge < -0.3 is 0 Å². The van der Waals surface area contributed by atoms with E-state index < -0.39 is 0 Å². The van der Waals surface area contributed by atoms with Gasteiger partial charge in [-0.3, -0.25) is 0 Å². The maximum absolute atomic E-state index is 13.1. The number of hydrogen-bond acceptors (Lipinski definition) is 1. The van der Waals surface area contributed by atoms with Crippen LogP contribution in [0.5, 0.6) is 0 Å². The van der Waals surface area contributed by atoms with Crippen molar-refractivity contribution in [1.29, 1.82) is 0 Å². The number of amidine groups is 1. The molecule has 0 aromatic heterocycles. The zero-order valence-corrected chi connectivity index (χ0v) is 23.4. The van der Waals surface area contributed by atoms with E-state index in [1.807, 2.05) is 6.92 Å². The summed E-state index contributed by atoms with van der Waals surface area (Å²) in [5.41, 5.74) is 6.02. The summed E-state index contributed by atoms with van der Waals surface area (Å²) >= 11 is 0.209. The summed E-state index contributed by atoms with van der Waals surface area (Å²) in [5, 5.41) is 1.07. The second-order valence-electron chi connectivity index (χ2n) is 10.3. The molecule has 3 nitrogen and oxygen atoms in total. The van der Waals surface area contributed by atoms with Gasteiger partial charge in [-0.05, 0) is 0 Å². The maximum atomic E-state index is 13.1. The Morgan fingerprint density at radius 2 is 1.32 bits per heavy atom. The second kappa shape index (κ2) is 12.0. The van der Waals surface area contributed by atoms with Crippen LogP contribution < -0.4 is 0 Å². The normalized spacial score (nSPS) is 16.9. The van der Waals surface area contributed by atoms with Crippen molar-refractivity contribution in [2.24, 2.45) is 16.8 Å². The van der Waals surface area contributed by atoms with Crippen molar-refractivity contribution in [3.8, 4) is 0 Å². The fourth-order valence-corrected chi connectivity index (χ4v) is 6.39. The first-order valence-corrected chi connectivity index (χ1v) is 14.6. The first-order valence-electron chi connectivity index (χ1n) is 12.5. The average Bonchev–Trinajstić information content (AvgIpc) is 3.26. The Bertz CT molecular complexity index is 1010. The van der Waals surface area contributed by atoms with Crippen molar-refractivity contribution in [2.75, 3.05) is 6.54 Å². The molecule has 0 saturated carbocycles. The first-order chi connectivity index (χ1) is 16.2. The van der Waals surface area contributed by atoms with Crippen LogP contribution in [0.2, 0.25) is 5.32 Å². The summed E-state index contributed by atoms with van der Waals surface area (Å²) in [5.74, 6) is 1.17. The minimum absolute atomic E-state index is 0.0566. The monoisotopic (exact) mass is 524 g/mol. The van der Waals surface area contributed by atoms with E-state index in [0.717, 1.165) is 40.7 Å². The predicted octanol–water partition coefficient (Wildman–Crippen LogP) is 6.83. The van der Waals surface area contributed by atoms with Gasteiger partial charge in [0.25, 0.3) is 0 Å². The van der Waals surface area contributed by atoms with Gasteiger partial charge in [0.05, 0.1) is 0 Å². The Labute approximate surface area is 212 Å². The molecule has 0 N–H and O–H groups in total. The predicted molar refractivity (Wildman–Crippen MR) is 146 cm³/mol. The Morgan fingerprint density at radius 1 is 0.853 bits per heavy atom. The average molecular weight is 524 g/mol. The summed E-state index contributed by atoms with van der Waals surface area (Å²) in [6.45, 7) is 18.4. The number of allylic oxidation sites excluding steroid dienone is 1. The summed E-state index contributed by atoms with van der Waals surface area (Å²) in [4.78, 5) is 19.9. The van der Waals surface area contributed by atoms with Gasteiger partial charge in [0.1, 0.15) is 0 Å². The molecule has 2 aromatic rings. The van der Waals surface area contributed by atoms with E-state index in [0.29, 0.717) is 11.8 Å². The van der Waals surface area contributed by atoms with E-state index >= 15 is 0 Å². The third-order valence-corrected chi connectivity index (χ3v) is 8.45. The van der Waals surface area contributed by atoms with Gasteiger partial charge in [-0.25, -0.2) is 0 Å². The molecule has 0 unspecified atom stereocenters. The van der Waals surface area contributed by atoms with Crippen LogP contribution in [0, 0.1) is 11.8 Å². The molecule has 3 rings (SSSR count). The summed E-state index contributed by atoms with van der Waals surface area (Å²) in [6.07, 6.45) is 2.16. The third kappa shape index (κ3) is 6.93. The molecule has 182 valence electrons. The molecular weight excluding hydrogens is 483 g/mol. The fourth-order valence-electron chi connectivity index (χ4n) is 4.35. The van der Waals surface area contributed by atoms with Gasteiger partial charge in [-0.15, -0.1) is 0 Å². The van der Waals surface area contributed by atoms with E-state index in [1.165, 1.54) is 16.7 Å². The number of carbonyl (C=O) groups is 1. The van der Waals surface area contributed by atoms with E-state index in [2.05, 4.69) is 99.6 Å². The van der Waals surface area contributed by atoms with Crippen molar-refractivity contribution in [3.05, 3.63) is 83.1 Å². The van der Waals surface area contributed by atoms with Crippen molar-refractivity contribution < 1.29 is 4.79 Å². The van der Waals surface area contributed by atoms with Crippen molar-refractivity contribution in [2.45, 2.75) is 71.5 Å². The molecule has 1 aliphatic rings. The van der Waals surface area contributed by atoms with Crippen LogP contribution in [0.15, 0.2) is 65.8 Å². The molecular formula is C30H40N2OSe.